The van der Waals surface area contributed by atoms with E-state index >= 15 is 0 Å². The Morgan fingerprint density at radius 3 is 2.40 bits per heavy atom. The van der Waals surface area contributed by atoms with E-state index in [-0.39, 0.29) is 19.2 Å². The van der Waals surface area contributed by atoms with Crippen LogP contribution in [-0.2, 0) is 0 Å². The van der Waals surface area contributed by atoms with Gasteiger partial charge in [-0.3, -0.25) is 0 Å². The zero-order valence-electron chi connectivity index (χ0n) is 9.15. The lowest BCUT2D eigenvalue weighted by Crippen LogP contribution is -2.49. The van der Waals surface area contributed by atoms with Crippen LogP contribution in [0, 0.1) is 5.92 Å². The van der Waals surface area contributed by atoms with Crippen molar-refractivity contribution in [2.24, 2.45) is 5.92 Å². The molecule has 0 aromatic heterocycles. The van der Waals surface area contributed by atoms with Gasteiger partial charge in [-0.15, -0.1) is 0 Å². The summed E-state index contributed by atoms with van der Waals surface area (Å²) in [6.45, 7) is 3.24. The molecule has 1 rings (SSSR count). The van der Waals surface area contributed by atoms with Gasteiger partial charge in [-0.25, -0.2) is 4.79 Å². The Morgan fingerprint density at radius 2 is 1.93 bits per heavy atom. The minimum absolute atomic E-state index is 0.185. The normalized spacial score (nSPS) is 18.3. The molecule has 0 unspecified atom stereocenters. The van der Waals surface area contributed by atoms with Crippen molar-refractivity contribution in [3.8, 4) is 0 Å². The second kappa shape index (κ2) is 5.92. The molecule has 0 aromatic carbocycles. The molecule has 0 aliphatic carbocycles. The van der Waals surface area contributed by atoms with Crippen LogP contribution in [0.1, 0.15) is 19.8 Å². The molecule has 1 heterocycles. The van der Waals surface area contributed by atoms with Gasteiger partial charge >= 0.3 is 6.03 Å². The molecular formula is C10H20N2O3. The van der Waals surface area contributed by atoms with E-state index < -0.39 is 6.04 Å². The third-order valence-electron chi connectivity index (χ3n) is 2.84. The minimum atomic E-state index is -0.545. The quantitative estimate of drug-likeness (QED) is 0.610. The lowest BCUT2D eigenvalue weighted by molar-refractivity contribution is 0.143. The van der Waals surface area contributed by atoms with Crippen molar-refractivity contribution in [3.63, 3.8) is 0 Å². The van der Waals surface area contributed by atoms with Crippen LogP contribution in [0.5, 0.6) is 0 Å². The number of rotatable bonds is 3. The third kappa shape index (κ3) is 3.68. The van der Waals surface area contributed by atoms with Crippen LogP contribution < -0.4 is 5.32 Å². The van der Waals surface area contributed by atoms with Gasteiger partial charge in [0, 0.05) is 13.1 Å². The molecular weight excluding hydrogens is 196 g/mol. The van der Waals surface area contributed by atoms with E-state index in [0.29, 0.717) is 5.92 Å². The maximum Gasteiger partial charge on any atom is 0.317 e. The van der Waals surface area contributed by atoms with Gasteiger partial charge in [-0.05, 0) is 18.8 Å². The number of aliphatic hydroxyl groups is 2. The lowest BCUT2D eigenvalue weighted by atomic mass is 10.00. The Hall–Kier alpha value is -0.810. The number of hydrogen-bond acceptors (Lipinski definition) is 3. The van der Waals surface area contributed by atoms with Crippen molar-refractivity contribution < 1.29 is 15.0 Å². The van der Waals surface area contributed by atoms with Crippen molar-refractivity contribution >= 4 is 6.03 Å². The van der Waals surface area contributed by atoms with Crippen molar-refractivity contribution in [1.82, 2.24) is 10.2 Å². The van der Waals surface area contributed by atoms with Crippen LogP contribution in [0.3, 0.4) is 0 Å². The van der Waals surface area contributed by atoms with Crippen LogP contribution in [0.2, 0.25) is 0 Å². The maximum absolute atomic E-state index is 11.6. The number of likely N-dealkylation sites (tertiary alicyclic amines) is 1. The minimum Gasteiger partial charge on any atom is -0.394 e. The van der Waals surface area contributed by atoms with Gasteiger partial charge in [0.25, 0.3) is 0 Å². The van der Waals surface area contributed by atoms with Gasteiger partial charge in [0.05, 0.1) is 19.3 Å². The first-order chi connectivity index (χ1) is 7.17. The molecule has 88 valence electrons. The van der Waals surface area contributed by atoms with E-state index in [2.05, 4.69) is 12.2 Å². The average molecular weight is 216 g/mol. The first-order valence-electron chi connectivity index (χ1n) is 5.44. The molecule has 0 atom stereocenters. The number of urea groups is 1. The van der Waals surface area contributed by atoms with Crippen LogP contribution in [-0.4, -0.2) is 53.5 Å². The Morgan fingerprint density at radius 1 is 1.40 bits per heavy atom. The number of piperidine rings is 1. The zero-order chi connectivity index (χ0) is 11.3. The predicted molar refractivity (Wildman–Crippen MR) is 56.5 cm³/mol. The van der Waals surface area contributed by atoms with Crippen LogP contribution in [0.15, 0.2) is 0 Å². The molecule has 5 nitrogen and oxygen atoms in total. The zero-order valence-corrected chi connectivity index (χ0v) is 9.15. The monoisotopic (exact) mass is 216 g/mol. The van der Waals surface area contributed by atoms with E-state index in [1.54, 1.807) is 4.90 Å². The molecule has 0 aromatic rings. The summed E-state index contributed by atoms with van der Waals surface area (Å²) < 4.78 is 0. The molecule has 0 bridgehead atoms. The lowest BCUT2D eigenvalue weighted by Gasteiger charge is -2.31. The summed E-state index contributed by atoms with van der Waals surface area (Å²) in [6.07, 6.45) is 2.05. The van der Waals surface area contributed by atoms with E-state index in [9.17, 15) is 4.79 Å². The maximum atomic E-state index is 11.6. The smallest absolute Gasteiger partial charge is 0.317 e. The molecule has 2 amide bonds. The van der Waals surface area contributed by atoms with Gasteiger partial charge in [0.1, 0.15) is 0 Å². The molecule has 1 saturated heterocycles. The third-order valence-corrected chi connectivity index (χ3v) is 2.84. The second-order valence-corrected chi connectivity index (χ2v) is 4.18. The second-order valence-electron chi connectivity index (χ2n) is 4.18. The number of nitrogens with one attached hydrogen (secondary N) is 1. The van der Waals surface area contributed by atoms with E-state index in [1.807, 2.05) is 0 Å². The van der Waals surface area contributed by atoms with Crippen LogP contribution in [0.25, 0.3) is 0 Å². The van der Waals surface area contributed by atoms with Gasteiger partial charge in [-0.2, -0.15) is 0 Å². The fraction of sp³-hybridized carbons (Fsp3) is 0.900. The van der Waals surface area contributed by atoms with Crippen molar-refractivity contribution in [1.29, 1.82) is 0 Å². The van der Waals surface area contributed by atoms with Gasteiger partial charge in [-0.1, -0.05) is 6.92 Å². The fourth-order valence-corrected chi connectivity index (χ4v) is 1.63. The van der Waals surface area contributed by atoms with Crippen molar-refractivity contribution in [2.45, 2.75) is 25.8 Å². The summed E-state index contributed by atoms with van der Waals surface area (Å²) in [5, 5.41) is 20.2. The summed E-state index contributed by atoms with van der Waals surface area (Å²) >= 11 is 0. The molecule has 15 heavy (non-hydrogen) atoms. The SMILES string of the molecule is CC1CCN(C(=O)NC(CO)CO)CC1. The molecule has 0 spiro atoms. The summed E-state index contributed by atoms with van der Waals surface area (Å²) in [6, 6.07) is -0.730. The van der Waals surface area contributed by atoms with Gasteiger partial charge in [0.2, 0.25) is 0 Å². The number of aliphatic hydroxyl groups excluding tert-OH is 2. The molecule has 1 aliphatic heterocycles. The first-order valence-corrected chi connectivity index (χ1v) is 5.44. The summed E-state index contributed by atoms with van der Waals surface area (Å²) in [5.41, 5.74) is 0. The van der Waals surface area contributed by atoms with E-state index in [4.69, 9.17) is 10.2 Å². The molecule has 0 radical (unpaired) electrons. The first kappa shape index (κ1) is 12.3. The summed E-state index contributed by atoms with van der Waals surface area (Å²) in [5.74, 6) is 0.681. The highest BCUT2D eigenvalue weighted by Crippen LogP contribution is 2.15. The molecule has 1 fully saturated rings. The highest BCUT2D eigenvalue weighted by molar-refractivity contribution is 5.74. The molecule has 1 aliphatic rings. The summed E-state index contributed by atoms with van der Waals surface area (Å²) in [7, 11) is 0. The van der Waals surface area contributed by atoms with E-state index in [0.717, 1.165) is 25.9 Å². The van der Waals surface area contributed by atoms with Crippen LogP contribution >= 0.6 is 0 Å². The number of amides is 2. The predicted octanol–water partition coefficient (Wildman–Crippen LogP) is -0.219. The fourth-order valence-electron chi connectivity index (χ4n) is 1.63. The van der Waals surface area contributed by atoms with E-state index in [1.165, 1.54) is 0 Å². The topological polar surface area (TPSA) is 72.8 Å². The van der Waals surface area contributed by atoms with Gasteiger partial charge in [0.15, 0.2) is 0 Å². The molecule has 5 heteroatoms. The molecule has 0 saturated carbocycles. The summed E-state index contributed by atoms with van der Waals surface area (Å²) in [4.78, 5) is 13.4. The number of nitrogens with zero attached hydrogens (tertiary/aromatic N) is 1. The Bertz CT molecular complexity index is 199. The highest BCUT2D eigenvalue weighted by atomic mass is 16.3. The largest absolute Gasteiger partial charge is 0.394 e. The average Bonchev–Trinajstić information content (AvgIpc) is 2.26. The van der Waals surface area contributed by atoms with Crippen molar-refractivity contribution in [2.75, 3.05) is 26.3 Å². The van der Waals surface area contributed by atoms with Crippen molar-refractivity contribution in [3.05, 3.63) is 0 Å². The Balaban J connectivity index is 2.33. The van der Waals surface area contributed by atoms with Gasteiger partial charge < -0.3 is 20.4 Å². The highest BCUT2D eigenvalue weighted by Gasteiger charge is 2.21. The Labute approximate surface area is 90.1 Å². The standard InChI is InChI=1S/C10H20N2O3/c1-8-2-4-12(5-3-8)10(15)11-9(6-13)7-14/h8-9,13-14H,2-7H2,1H3,(H,11,15). The molecule has 3 N–H and O–H groups in total. The van der Waals surface area contributed by atoms with Crippen LogP contribution in [0.4, 0.5) is 4.79 Å². The number of hydrogen-bond donors (Lipinski definition) is 3. The number of carbonyl (C=O) groups is 1. The Kier molecular flexibility index (Phi) is 4.84. The number of carbonyl (C=O) groups excluding carboxylic acids is 1.